The topological polar surface area (TPSA) is 31.2 Å². The minimum atomic E-state index is -0.229. The van der Waals surface area contributed by atoms with Crippen LogP contribution in [0.5, 0.6) is 0 Å². The number of rotatable bonds is 2. The zero-order valence-electron chi connectivity index (χ0n) is 13.1. The molecule has 0 unspecified atom stereocenters. The van der Waals surface area contributed by atoms with Crippen molar-refractivity contribution in [2.24, 2.45) is 21.0 Å². The molecule has 1 aromatic rings. The van der Waals surface area contributed by atoms with Gasteiger partial charge in [-0.25, -0.2) is 4.39 Å². The highest BCUT2D eigenvalue weighted by atomic mass is 19.1. The summed E-state index contributed by atoms with van der Waals surface area (Å²) in [7, 11) is 0. The van der Waals surface area contributed by atoms with Crippen molar-refractivity contribution in [3.63, 3.8) is 0 Å². The monoisotopic (exact) mass is 300 g/mol. The summed E-state index contributed by atoms with van der Waals surface area (Å²) in [4.78, 5) is 5.05. The van der Waals surface area contributed by atoms with E-state index in [1.165, 1.54) is 17.8 Å². The maximum absolute atomic E-state index is 12.9. The predicted molar refractivity (Wildman–Crippen MR) is 85.7 cm³/mol. The molecule has 4 saturated heterocycles. The SMILES string of the molecule is CC12CN3CN(C1)CC(C)(C3)C2=N/N=C/c1ccc(F)cc1. The molecule has 5 rings (SSSR count). The Labute approximate surface area is 130 Å². The van der Waals surface area contributed by atoms with E-state index in [0.29, 0.717) is 0 Å². The number of hydrogen-bond donors (Lipinski definition) is 0. The molecule has 5 heteroatoms. The molecule has 4 heterocycles. The largest absolute Gasteiger partial charge is 0.289 e. The van der Waals surface area contributed by atoms with Crippen molar-refractivity contribution in [3.05, 3.63) is 35.6 Å². The second kappa shape index (κ2) is 4.70. The minimum absolute atomic E-state index is 0.101. The van der Waals surface area contributed by atoms with E-state index >= 15 is 0 Å². The van der Waals surface area contributed by atoms with Gasteiger partial charge >= 0.3 is 0 Å². The summed E-state index contributed by atoms with van der Waals surface area (Å²) in [6.45, 7) is 9.99. The van der Waals surface area contributed by atoms with Gasteiger partial charge < -0.3 is 0 Å². The molecule has 0 radical (unpaired) electrons. The Morgan fingerprint density at radius 1 is 1.00 bits per heavy atom. The van der Waals surface area contributed by atoms with E-state index in [1.54, 1.807) is 18.3 Å². The second-order valence-corrected chi connectivity index (χ2v) is 7.48. The molecule has 1 aromatic carbocycles. The van der Waals surface area contributed by atoms with Crippen LogP contribution in [0.1, 0.15) is 19.4 Å². The van der Waals surface area contributed by atoms with Gasteiger partial charge in [0.05, 0.1) is 18.6 Å². The lowest BCUT2D eigenvalue weighted by Crippen LogP contribution is -2.74. The number of benzene rings is 1. The smallest absolute Gasteiger partial charge is 0.123 e. The average molecular weight is 300 g/mol. The zero-order valence-corrected chi connectivity index (χ0v) is 13.1. The Morgan fingerprint density at radius 3 is 2.09 bits per heavy atom. The molecule has 0 spiro atoms. The molecule has 0 N–H and O–H groups in total. The lowest BCUT2D eigenvalue weighted by molar-refractivity contribution is -0.0738. The van der Waals surface area contributed by atoms with Crippen LogP contribution in [0.15, 0.2) is 34.5 Å². The maximum Gasteiger partial charge on any atom is 0.123 e. The van der Waals surface area contributed by atoms with Crippen molar-refractivity contribution in [3.8, 4) is 0 Å². The van der Waals surface area contributed by atoms with Gasteiger partial charge in [-0.05, 0) is 17.7 Å². The molecule has 4 fully saturated rings. The number of hydrogen-bond acceptors (Lipinski definition) is 4. The van der Waals surface area contributed by atoms with Crippen LogP contribution in [0, 0.1) is 16.6 Å². The summed E-state index contributed by atoms with van der Waals surface area (Å²) in [5, 5.41) is 8.93. The maximum atomic E-state index is 12.9. The highest BCUT2D eigenvalue weighted by Crippen LogP contribution is 2.46. The van der Waals surface area contributed by atoms with Crippen LogP contribution in [0.3, 0.4) is 0 Å². The van der Waals surface area contributed by atoms with Crippen LogP contribution in [0.2, 0.25) is 0 Å². The van der Waals surface area contributed by atoms with E-state index in [1.807, 2.05) is 0 Å². The first-order valence-corrected chi connectivity index (χ1v) is 7.79. The number of nitrogens with zero attached hydrogens (tertiary/aromatic N) is 4. The zero-order chi connectivity index (χ0) is 15.4. The Hall–Kier alpha value is -1.59. The van der Waals surface area contributed by atoms with E-state index in [4.69, 9.17) is 0 Å². The van der Waals surface area contributed by atoms with Crippen molar-refractivity contribution in [1.82, 2.24) is 9.80 Å². The van der Waals surface area contributed by atoms with Gasteiger partial charge in [-0.2, -0.15) is 10.2 Å². The van der Waals surface area contributed by atoms with Gasteiger partial charge in [0.1, 0.15) is 5.82 Å². The van der Waals surface area contributed by atoms with Crippen molar-refractivity contribution in [1.29, 1.82) is 0 Å². The fourth-order valence-electron chi connectivity index (χ4n) is 4.64. The first kappa shape index (κ1) is 14.0. The van der Waals surface area contributed by atoms with E-state index in [9.17, 15) is 4.39 Å². The summed E-state index contributed by atoms with van der Waals surface area (Å²) in [6.07, 6.45) is 1.71. The van der Waals surface area contributed by atoms with Crippen LogP contribution in [0.4, 0.5) is 4.39 Å². The second-order valence-electron chi connectivity index (χ2n) is 7.48. The fourth-order valence-corrected chi connectivity index (χ4v) is 4.64. The van der Waals surface area contributed by atoms with Gasteiger partial charge in [-0.15, -0.1) is 0 Å². The molecule has 0 aromatic heterocycles. The molecule has 116 valence electrons. The third kappa shape index (κ3) is 2.20. The average Bonchev–Trinajstić information content (AvgIpc) is 2.42. The summed E-state index contributed by atoms with van der Waals surface area (Å²) in [5.41, 5.74) is 2.30. The third-order valence-corrected chi connectivity index (χ3v) is 5.07. The first-order valence-electron chi connectivity index (χ1n) is 7.79. The predicted octanol–water partition coefficient (Wildman–Crippen LogP) is 2.22. The lowest BCUT2D eigenvalue weighted by Gasteiger charge is -2.62. The van der Waals surface area contributed by atoms with Crippen LogP contribution in [-0.4, -0.2) is 54.6 Å². The minimum Gasteiger partial charge on any atom is -0.289 e. The Kier molecular flexibility index (Phi) is 3.00. The summed E-state index contributed by atoms with van der Waals surface area (Å²) >= 11 is 0. The summed E-state index contributed by atoms with van der Waals surface area (Å²) in [5.74, 6) is -0.229. The van der Waals surface area contributed by atoms with E-state index in [2.05, 4.69) is 33.9 Å². The van der Waals surface area contributed by atoms with Crippen molar-refractivity contribution < 1.29 is 4.39 Å². The van der Waals surface area contributed by atoms with Gasteiger partial charge in [0.2, 0.25) is 0 Å². The third-order valence-electron chi connectivity index (χ3n) is 5.07. The van der Waals surface area contributed by atoms with Crippen molar-refractivity contribution in [2.45, 2.75) is 13.8 Å². The summed E-state index contributed by atoms with van der Waals surface area (Å²) in [6, 6.07) is 6.33. The molecule has 22 heavy (non-hydrogen) atoms. The van der Waals surface area contributed by atoms with Crippen molar-refractivity contribution in [2.75, 3.05) is 32.8 Å². The number of halogens is 1. The molecule has 4 aliphatic heterocycles. The van der Waals surface area contributed by atoms with Gasteiger partial charge in [0.15, 0.2) is 0 Å². The van der Waals surface area contributed by atoms with Gasteiger partial charge in [-0.3, -0.25) is 9.80 Å². The molecule has 0 aliphatic carbocycles. The van der Waals surface area contributed by atoms with Crippen molar-refractivity contribution >= 4 is 11.9 Å². The normalized spacial score (nSPS) is 39.7. The Balaban J connectivity index is 1.62. The van der Waals surface area contributed by atoms with E-state index in [-0.39, 0.29) is 16.6 Å². The molecule has 4 nitrogen and oxygen atoms in total. The van der Waals surface area contributed by atoms with Crippen LogP contribution < -0.4 is 0 Å². The first-order chi connectivity index (χ1) is 10.5. The molecule has 0 saturated carbocycles. The van der Waals surface area contributed by atoms with Gasteiger partial charge in [-0.1, -0.05) is 26.0 Å². The van der Waals surface area contributed by atoms with Crippen LogP contribution >= 0.6 is 0 Å². The molecule has 0 atom stereocenters. The summed E-state index contributed by atoms with van der Waals surface area (Å²) < 4.78 is 12.9. The lowest BCUT2D eigenvalue weighted by atomic mass is 9.62. The van der Waals surface area contributed by atoms with Gasteiger partial charge in [0.25, 0.3) is 0 Å². The van der Waals surface area contributed by atoms with Gasteiger partial charge in [0, 0.05) is 37.0 Å². The molecule has 4 bridgehead atoms. The quantitative estimate of drug-likeness (QED) is 0.619. The Bertz CT molecular complexity index is 611. The number of piperidine rings is 2. The van der Waals surface area contributed by atoms with E-state index < -0.39 is 0 Å². The molecule has 4 aliphatic rings. The van der Waals surface area contributed by atoms with E-state index in [0.717, 1.165) is 38.4 Å². The van der Waals surface area contributed by atoms with Crippen LogP contribution in [0.25, 0.3) is 0 Å². The standard InChI is InChI=1S/C17H21FN4/c1-16-8-21-10-17(2,11-22(9-16)12-21)15(16)20-19-7-13-3-5-14(18)6-4-13/h3-7H,8-12H2,1-2H3/b19-7+,20-15?. The molecular weight excluding hydrogens is 279 g/mol. The highest BCUT2D eigenvalue weighted by molar-refractivity contribution is 5.97. The molecule has 0 amide bonds. The molecular formula is C17H21FN4. The highest BCUT2D eigenvalue weighted by Gasteiger charge is 2.57. The fraction of sp³-hybridized carbons (Fsp3) is 0.529. The Morgan fingerprint density at radius 2 is 1.55 bits per heavy atom. The van der Waals surface area contributed by atoms with Crippen LogP contribution in [-0.2, 0) is 0 Å².